The lowest BCUT2D eigenvalue weighted by molar-refractivity contribution is 0.0888. The molecule has 0 aliphatic carbocycles. The second-order valence-corrected chi connectivity index (χ2v) is 6.37. The number of hydrogen-bond acceptors (Lipinski definition) is 4. The third kappa shape index (κ3) is 5.20. The van der Waals surface area contributed by atoms with Crippen molar-refractivity contribution < 1.29 is 14.3 Å². The maximum absolute atomic E-state index is 12.1. The lowest BCUT2D eigenvalue weighted by Gasteiger charge is -2.12. The summed E-state index contributed by atoms with van der Waals surface area (Å²) in [5.74, 6) is 0.801. The third-order valence-corrected chi connectivity index (χ3v) is 4.25. The number of carbonyl (C=O) groups is 1. The van der Waals surface area contributed by atoms with Crippen molar-refractivity contribution in [2.75, 3.05) is 6.61 Å². The number of nitrogens with one attached hydrogen (secondary N) is 1. The van der Waals surface area contributed by atoms with Gasteiger partial charge in [-0.1, -0.05) is 60.7 Å². The Bertz CT molecular complexity index is 879. The normalized spacial score (nSPS) is 11.8. The van der Waals surface area contributed by atoms with E-state index in [2.05, 4.69) is 5.32 Å². The van der Waals surface area contributed by atoms with Gasteiger partial charge in [0.1, 0.15) is 19.2 Å². The van der Waals surface area contributed by atoms with Gasteiger partial charge >= 0.3 is 6.09 Å². The van der Waals surface area contributed by atoms with Crippen LogP contribution in [0.15, 0.2) is 66.9 Å². The summed E-state index contributed by atoms with van der Waals surface area (Å²) < 4.78 is 12.8. The number of nitrogens with zero attached hydrogens (tertiary/aromatic N) is 2. The minimum Gasteiger partial charge on any atom is -0.445 e. The number of hydrogen-bond donors (Lipinski definition) is 1. The highest BCUT2D eigenvalue weighted by atomic mass is 16.5. The average molecular weight is 379 g/mol. The van der Waals surface area contributed by atoms with E-state index in [0.717, 1.165) is 22.6 Å². The van der Waals surface area contributed by atoms with E-state index in [1.807, 2.05) is 85.3 Å². The molecular weight excluding hydrogens is 354 g/mol. The first-order valence-corrected chi connectivity index (χ1v) is 9.34. The predicted octanol–water partition coefficient (Wildman–Crippen LogP) is 4.53. The van der Waals surface area contributed by atoms with E-state index >= 15 is 0 Å². The van der Waals surface area contributed by atoms with Gasteiger partial charge in [-0.3, -0.25) is 0 Å². The number of imidazole rings is 1. The quantitative estimate of drug-likeness (QED) is 0.624. The molecule has 0 radical (unpaired) electrons. The largest absolute Gasteiger partial charge is 0.445 e. The Morgan fingerprint density at radius 3 is 2.46 bits per heavy atom. The van der Waals surface area contributed by atoms with Gasteiger partial charge in [0, 0.05) is 18.4 Å². The van der Waals surface area contributed by atoms with Crippen molar-refractivity contribution in [2.24, 2.45) is 0 Å². The summed E-state index contributed by atoms with van der Waals surface area (Å²) in [7, 11) is 0. The molecule has 6 heteroatoms. The zero-order valence-electron chi connectivity index (χ0n) is 16.2. The van der Waals surface area contributed by atoms with Crippen LogP contribution in [-0.4, -0.2) is 22.3 Å². The summed E-state index contributed by atoms with van der Waals surface area (Å²) in [6.07, 6.45) is 1.43. The van der Waals surface area contributed by atoms with E-state index in [0.29, 0.717) is 13.3 Å². The molecule has 146 valence electrons. The molecule has 2 aromatic carbocycles. The molecule has 3 aromatic rings. The van der Waals surface area contributed by atoms with Crippen molar-refractivity contribution in [1.29, 1.82) is 0 Å². The van der Waals surface area contributed by atoms with Gasteiger partial charge < -0.3 is 19.4 Å². The highest BCUT2D eigenvalue weighted by Crippen LogP contribution is 2.22. The summed E-state index contributed by atoms with van der Waals surface area (Å²) in [6.45, 7) is 5.08. The Balaban J connectivity index is 1.67. The maximum atomic E-state index is 12.1. The van der Waals surface area contributed by atoms with Crippen LogP contribution in [0.5, 0.6) is 0 Å². The molecule has 0 saturated carbocycles. The molecule has 1 amide bonds. The van der Waals surface area contributed by atoms with Crippen LogP contribution in [0.4, 0.5) is 4.79 Å². The molecule has 1 heterocycles. The number of ether oxygens (including phenoxy) is 2. The smallest absolute Gasteiger partial charge is 0.407 e. The van der Waals surface area contributed by atoms with Crippen LogP contribution in [0.2, 0.25) is 0 Å². The summed E-state index contributed by atoms with van der Waals surface area (Å²) >= 11 is 0. The highest BCUT2D eigenvalue weighted by molar-refractivity contribution is 5.68. The Labute approximate surface area is 165 Å². The molecule has 0 spiro atoms. The second kappa shape index (κ2) is 9.71. The molecule has 0 aliphatic heterocycles. The molecule has 6 nitrogen and oxygen atoms in total. The van der Waals surface area contributed by atoms with E-state index in [1.165, 1.54) is 0 Å². The molecule has 1 aromatic heterocycles. The van der Waals surface area contributed by atoms with Crippen LogP contribution >= 0.6 is 0 Å². The van der Waals surface area contributed by atoms with E-state index in [-0.39, 0.29) is 12.6 Å². The zero-order chi connectivity index (χ0) is 19.8. The van der Waals surface area contributed by atoms with Gasteiger partial charge in [-0.2, -0.15) is 0 Å². The summed E-state index contributed by atoms with van der Waals surface area (Å²) in [5, 5.41) is 2.84. The fourth-order valence-corrected chi connectivity index (χ4v) is 2.77. The average Bonchev–Trinajstić information content (AvgIpc) is 3.16. The van der Waals surface area contributed by atoms with E-state index in [1.54, 1.807) is 0 Å². The Morgan fingerprint density at radius 2 is 1.79 bits per heavy atom. The monoisotopic (exact) mass is 379 g/mol. The molecule has 0 fully saturated rings. The summed E-state index contributed by atoms with van der Waals surface area (Å²) in [5.41, 5.74) is 2.68. The van der Waals surface area contributed by atoms with Crippen molar-refractivity contribution >= 4 is 6.09 Å². The fourth-order valence-electron chi connectivity index (χ4n) is 2.77. The number of aromatic nitrogens is 2. The molecule has 0 bridgehead atoms. The molecule has 1 N–H and O–H groups in total. The maximum Gasteiger partial charge on any atom is 0.407 e. The van der Waals surface area contributed by atoms with Crippen LogP contribution in [-0.2, 0) is 22.8 Å². The first-order chi connectivity index (χ1) is 13.7. The number of amides is 1. The first-order valence-electron chi connectivity index (χ1n) is 9.34. The number of carbonyl (C=O) groups excluding carboxylic acids is 1. The van der Waals surface area contributed by atoms with Crippen molar-refractivity contribution in [1.82, 2.24) is 14.9 Å². The van der Waals surface area contributed by atoms with Gasteiger partial charge in [-0.25, -0.2) is 9.78 Å². The number of benzene rings is 2. The first kappa shape index (κ1) is 19.6. The zero-order valence-corrected chi connectivity index (χ0v) is 16.2. The Morgan fingerprint density at radius 1 is 1.11 bits per heavy atom. The topological polar surface area (TPSA) is 65.4 Å². The van der Waals surface area contributed by atoms with Gasteiger partial charge in [0.25, 0.3) is 0 Å². The SMILES string of the molecule is CCOCn1cc([C@H](C)NC(=O)OCc2ccccc2)nc1-c1ccccc1. The minimum atomic E-state index is -0.475. The molecule has 1 atom stereocenters. The lowest BCUT2D eigenvalue weighted by atomic mass is 10.2. The van der Waals surface area contributed by atoms with Crippen LogP contribution in [0.25, 0.3) is 11.4 Å². The van der Waals surface area contributed by atoms with Crippen LogP contribution in [0.1, 0.15) is 31.1 Å². The van der Waals surface area contributed by atoms with Crippen LogP contribution in [0.3, 0.4) is 0 Å². The molecule has 3 rings (SSSR count). The molecular formula is C22H25N3O3. The minimum absolute atomic E-state index is 0.230. The highest BCUT2D eigenvalue weighted by Gasteiger charge is 2.17. The van der Waals surface area contributed by atoms with Gasteiger partial charge in [0.2, 0.25) is 0 Å². The third-order valence-electron chi connectivity index (χ3n) is 4.25. The fraction of sp³-hybridized carbons (Fsp3) is 0.273. The predicted molar refractivity (Wildman–Crippen MR) is 107 cm³/mol. The van der Waals surface area contributed by atoms with Crippen molar-refractivity contribution in [3.8, 4) is 11.4 Å². The van der Waals surface area contributed by atoms with E-state index in [4.69, 9.17) is 14.5 Å². The van der Waals surface area contributed by atoms with Crippen LogP contribution in [0, 0.1) is 0 Å². The van der Waals surface area contributed by atoms with Crippen molar-refractivity contribution in [2.45, 2.75) is 33.2 Å². The number of alkyl carbamates (subject to hydrolysis) is 1. The molecule has 0 aliphatic rings. The Kier molecular flexibility index (Phi) is 6.81. The van der Waals surface area contributed by atoms with E-state index < -0.39 is 6.09 Å². The van der Waals surface area contributed by atoms with Gasteiger partial charge in [0.15, 0.2) is 0 Å². The Hall–Kier alpha value is -3.12. The summed E-state index contributed by atoms with van der Waals surface area (Å²) in [4.78, 5) is 16.9. The number of rotatable bonds is 8. The van der Waals surface area contributed by atoms with Crippen molar-refractivity contribution in [3.63, 3.8) is 0 Å². The van der Waals surface area contributed by atoms with Gasteiger partial charge in [-0.05, 0) is 19.4 Å². The summed E-state index contributed by atoms with van der Waals surface area (Å²) in [6, 6.07) is 19.2. The second-order valence-electron chi connectivity index (χ2n) is 6.37. The standard InChI is InChI=1S/C22H25N3O3/c1-3-27-16-25-14-20(24-21(25)19-12-8-5-9-13-19)17(2)23-22(26)28-15-18-10-6-4-7-11-18/h4-14,17H,3,15-16H2,1-2H3,(H,23,26)/t17-/m0/s1. The van der Waals surface area contributed by atoms with E-state index in [9.17, 15) is 4.79 Å². The van der Waals surface area contributed by atoms with Gasteiger partial charge in [-0.15, -0.1) is 0 Å². The molecule has 28 heavy (non-hydrogen) atoms. The molecule has 0 saturated heterocycles. The molecule has 0 unspecified atom stereocenters. The lowest BCUT2D eigenvalue weighted by Crippen LogP contribution is -2.27. The van der Waals surface area contributed by atoms with Crippen molar-refractivity contribution in [3.05, 3.63) is 78.1 Å². The van der Waals surface area contributed by atoms with Crippen LogP contribution < -0.4 is 5.32 Å². The van der Waals surface area contributed by atoms with Gasteiger partial charge in [0.05, 0.1) is 11.7 Å².